The van der Waals surface area contributed by atoms with Crippen molar-refractivity contribution in [3.63, 3.8) is 0 Å². The Labute approximate surface area is 178 Å². The average Bonchev–Trinajstić information content (AvgIpc) is 3.13. The summed E-state index contributed by atoms with van der Waals surface area (Å²) in [4.78, 5) is 31.0. The molecule has 0 saturated heterocycles. The summed E-state index contributed by atoms with van der Waals surface area (Å²) in [6.45, 7) is 4.56. The highest BCUT2D eigenvalue weighted by molar-refractivity contribution is 9.10. The van der Waals surface area contributed by atoms with Crippen LogP contribution in [0.5, 0.6) is 5.75 Å². The number of halogens is 1. The smallest absolute Gasteiger partial charge is 0.315 e. The maximum atomic E-state index is 12.8. The summed E-state index contributed by atoms with van der Waals surface area (Å²) in [7, 11) is 1.70. The zero-order chi connectivity index (χ0) is 20.9. The lowest BCUT2D eigenvalue weighted by Gasteiger charge is -2.36. The summed E-state index contributed by atoms with van der Waals surface area (Å²) in [5, 5.41) is 10.3. The minimum Gasteiger partial charge on any atom is -0.501 e. The Balaban J connectivity index is 1.86. The molecule has 0 unspecified atom stereocenters. The molecular weight excluding hydrogens is 434 g/mol. The number of likely N-dealkylation sites (N-methyl/N-ethyl adjacent to an activating group) is 1. The summed E-state index contributed by atoms with van der Waals surface area (Å²) in [5.41, 5.74) is 1.65. The van der Waals surface area contributed by atoms with Crippen LogP contribution in [0.25, 0.3) is 0 Å². The molecule has 29 heavy (non-hydrogen) atoms. The Bertz CT molecular complexity index is 1020. The molecule has 1 aromatic heterocycles. The van der Waals surface area contributed by atoms with E-state index >= 15 is 0 Å². The quantitative estimate of drug-likeness (QED) is 0.761. The number of benzene rings is 1. The fourth-order valence-electron chi connectivity index (χ4n) is 4.86. The third kappa shape index (κ3) is 3.39. The van der Waals surface area contributed by atoms with E-state index in [1.165, 1.54) is 11.1 Å². The maximum Gasteiger partial charge on any atom is 0.315 e. The fourth-order valence-corrected chi connectivity index (χ4v) is 5.46. The van der Waals surface area contributed by atoms with Crippen LogP contribution in [-0.2, 0) is 18.4 Å². The Morgan fingerprint density at radius 3 is 2.59 bits per heavy atom. The number of hydrogen-bond acceptors (Lipinski definition) is 4. The molecule has 1 fully saturated rings. The predicted octanol–water partition coefficient (Wildman–Crippen LogP) is 3.55. The monoisotopic (exact) mass is 459 g/mol. The number of aryl methyl sites for hydroxylation is 1. The van der Waals surface area contributed by atoms with Crippen molar-refractivity contribution < 1.29 is 9.90 Å². The van der Waals surface area contributed by atoms with Crippen LogP contribution < -0.4 is 5.56 Å². The second-order valence-corrected chi connectivity index (χ2v) is 9.50. The van der Waals surface area contributed by atoms with Crippen LogP contribution in [0.4, 0.5) is 0 Å². The number of aromatic hydroxyl groups is 1. The molecule has 7 heteroatoms. The van der Waals surface area contributed by atoms with Crippen molar-refractivity contribution in [2.45, 2.75) is 64.0 Å². The number of hydrogen-bond donors (Lipinski definition) is 1. The number of rotatable bonds is 3. The second-order valence-electron chi connectivity index (χ2n) is 8.59. The first-order chi connectivity index (χ1) is 13.7. The van der Waals surface area contributed by atoms with E-state index in [9.17, 15) is 14.7 Å². The van der Waals surface area contributed by atoms with Gasteiger partial charge in [0.05, 0.1) is 0 Å². The Hall–Kier alpha value is -2.15. The van der Waals surface area contributed by atoms with Crippen molar-refractivity contribution in [1.82, 2.24) is 14.5 Å². The topological polar surface area (TPSA) is 75.4 Å². The second kappa shape index (κ2) is 7.27. The van der Waals surface area contributed by atoms with Gasteiger partial charge in [-0.25, -0.2) is 0 Å². The molecule has 1 aliphatic carbocycles. The van der Waals surface area contributed by atoms with E-state index < -0.39 is 11.3 Å². The van der Waals surface area contributed by atoms with Crippen LogP contribution in [0.15, 0.2) is 27.5 Å². The van der Waals surface area contributed by atoms with Crippen molar-refractivity contribution in [3.8, 4) is 5.75 Å². The molecule has 1 aliphatic heterocycles. The van der Waals surface area contributed by atoms with Gasteiger partial charge in [0.1, 0.15) is 5.82 Å². The molecule has 6 nitrogen and oxygen atoms in total. The van der Waals surface area contributed by atoms with E-state index in [0.29, 0.717) is 18.8 Å². The molecule has 0 spiro atoms. The van der Waals surface area contributed by atoms with E-state index in [0.717, 1.165) is 30.2 Å². The summed E-state index contributed by atoms with van der Waals surface area (Å²) in [6, 6.07) is 6.43. The first kappa shape index (κ1) is 20.1. The number of nitrogens with zero attached hydrogens (tertiary/aromatic N) is 3. The minimum atomic E-state index is -0.721. The van der Waals surface area contributed by atoms with E-state index in [2.05, 4.69) is 46.0 Å². The molecular formula is C22H26BrN3O3. The number of amides is 1. The van der Waals surface area contributed by atoms with Gasteiger partial charge in [-0.05, 0) is 49.9 Å². The molecule has 1 N–H and O–H groups in total. The van der Waals surface area contributed by atoms with Crippen LogP contribution in [-0.4, -0.2) is 38.6 Å². The van der Waals surface area contributed by atoms with Crippen molar-refractivity contribution in [1.29, 1.82) is 0 Å². The predicted molar refractivity (Wildman–Crippen MR) is 114 cm³/mol. The first-order valence-electron chi connectivity index (χ1n) is 10.1. The molecule has 1 atom stereocenters. The summed E-state index contributed by atoms with van der Waals surface area (Å²) < 4.78 is 2.82. The lowest BCUT2D eigenvalue weighted by Crippen LogP contribution is -2.47. The summed E-state index contributed by atoms with van der Waals surface area (Å²) >= 11 is 3.62. The van der Waals surface area contributed by atoms with Crippen molar-refractivity contribution in [2.75, 3.05) is 7.05 Å². The highest BCUT2D eigenvalue weighted by Crippen LogP contribution is 2.44. The van der Waals surface area contributed by atoms with Gasteiger partial charge in [-0.15, -0.1) is 0 Å². The van der Waals surface area contributed by atoms with Crippen molar-refractivity contribution in [2.24, 2.45) is 0 Å². The van der Waals surface area contributed by atoms with Crippen molar-refractivity contribution in [3.05, 3.63) is 55.7 Å². The number of aromatic nitrogens is 2. The van der Waals surface area contributed by atoms with E-state index in [1.54, 1.807) is 16.5 Å². The Morgan fingerprint density at radius 1 is 1.24 bits per heavy atom. The van der Waals surface area contributed by atoms with E-state index in [4.69, 9.17) is 0 Å². The molecule has 2 heterocycles. The zero-order valence-corrected chi connectivity index (χ0v) is 18.6. The van der Waals surface area contributed by atoms with Crippen LogP contribution in [0, 0.1) is 6.92 Å². The number of carbonyl (C=O) groups is 1. The van der Waals surface area contributed by atoms with Gasteiger partial charge < -0.3 is 14.6 Å². The van der Waals surface area contributed by atoms with Gasteiger partial charge in [0.25, 0.3) is 5.91 Å². The van der Waals surface area contributed by atoms with Gasteiger partial charge >= 0.3 is 5.56 Å². The van der Waals surface area contributed by atoms with Crippen LogP contribution in [0.1, 0.15) is 60.0 Å². The van der Waals surface area contributed by atoms with E-state index in [-0.39, 0.29) is 23.1 Å². The molecule has 2 aromatic rings. The van der Waals surface area contributed by atoms with Crippen molar-refractivity contribution >= 4 is 21.8 Å². The zero-order valence-electron chi connectivity index (χ0n) is 17.0. The molecule has 1 aromatic carbocycles. The molecule has 1 amide bonds. The van der Waals surface area contributed by atoms with E-state index in [1.807, 2.05) is 6.92 Å². The highest BCUT2D eigenvalue weighted by Gasteiger charge is 2.39. The summed E-state index contributed by atoms with van der Waals surface area (Å²) in [6.07, 6.45) is 4.85. The maximum absolute atomic E-state index is 12.8. The van der Waals surface area contributed by atoms with Gasteiger partial charge in [-0.3, -0.25) is 9.59 Å². The molecule has 154 valence electrons. The van der Waals surface area contributed by atoms with Crippen LogP contribution in [0.3, 0.4) is 0 Å². The Morgan fingerprint density at radius 2 is 1.93 bits per heavy atom. The first-order valence-corrected chi connectivity index (χ1v) is 10.9. The molecule has 4 rings (SSSR count). The molecule has 0 bridgehead atoms. The molecule has 0 radical (unpaired) electrons. The standard InChI is InChI=1S/C22H26BrN3O3/c1-13-8-15(10-16(23)9-13)22(6-4-5-7-22)11-17-24-20(28)19(27)18-21(29)25(3)14(2)12-26(17)18/h8-10,14,27H,4-7,11-12H2,1-3H3/t14-/m0/s1. The van der Waals surface area contributed by atoms with Gasteiger partial charge in [-0.2, -0.15) is 4.98 Å². The lowest BCUT2D eigenvalue weighted by molar-refractivity contribution is 0.0660. The number of carbonyl (C=O) groups excluding carboxylic acids is 1. The SMILES string of the molecule is Cc1cc(Br)cc(C2(Cc3nc(=O)c(O)c4n3C[C@H](C)N(C)C4=O)CCCC2)c1. The van der Waals surface area contributed by atoms with Gasteiger partial charge in [-0.1, -0.05) is 34.8 Å². The number of fused-ring (bicyclic) bond motifs is 1. The fraction of sp³-hybridized carbons (Fsp3) is 0.500. The summed E-state index contributed by atoms with van der Waals surface area (Å²) in [5.74, 6) is -0.285. The third-order valence-electron chi connectivity index (χ3n) is 6.58. The Kier molecular flexibility index (Phi) is 5.05. The lowest BCUT2D eigenvalue weighted by atomic mass is 9.75. The van der Waals surface area contributed by atoms with Gasteiger partial charge in [0.15, 0.2) is 5.69 Å². The normalized spacial score (nSPS) is 20.8. The highest BCUT2D eigenvalue weighted by atomic mass is 79.9. The van der Waals surface area contributed by atoms with Crippen LogP contribution in [0.2, 0.25) is 0 Å². The minimum absolute atomic E-state index is 0.0369. The third-order valence-corrected chi connectivity index (χ3v) is 7.04. The largest absolute Gasteiger partial charge is 0.501 e. The average molecular weight is 460 g/mol. The van der Waals surface area contributed by atoms with Crippen LogP contribution >= 0.6 is 15.9 Å². The van der Waals surface area contributed by atoms with Gasteiger partial charge in [0.2, 0.25) is 5.75 Å². The van der Waals surface area contributed by atoms with Gasteiger partial charge in [0, 0.05) is 35.9 Å². The molecule has 1 saturated carbocycles. The molecule has 2 aliphatic rings.